The van der Waals surface area contributed by atoms with Crippen molar-refractivity contribution in [3.05, 3.63) is 101 Å². The number of nitrogens with zero attached hydrogens (tertiary/aromatic N) is 2. The molecule has 3 aromatic carbocycles. The van der Waals surface area contributed by atoms with Crippen LogP contribution in [0.15, 0.2) is 84.9 Å². The monoisotopic (exact) mass is 552 g/mol. The average molecular weight is 553 g/mol. The van der Waals surface area contributed by atoms with E-state index in [1.165, 1.54) is 0 Å². The van der Waals surface area contributed by atoms with Crippen LogP contribution in [0.5, 0.6) is 0 Å². The van der Waals surface area contributed by atoms with Gasteiger partial charge in [0.25, 0.3) is 0 Å². The Morgan fingerprint density at radius 1 is 0.947 bits per heavy atom. The highest BCUT2D eigenvalue weighted by Crippen LogP contribution is 2.22. The molecule has 7 nitrogen and oxygen atoms in total. The Morgan fingerprint density at radius 3 is 2.29 bits per heavy atom. The third kappa shape index (κ3) is 7.05. The van der Waals surface area contributed by atoms with Gasteiger partial charge >= 0.3 is 6.03 Å². The van der Waals surface area contributed by atoms with Gasteiger partial charge in [-0.05, 0) is 36.2 Å². The summed E-state index contributed by atoms with van der Waals surface area (Å²) in [6, 6.07) is 24.2. The van der Waals surface area contributed by atoms with Crippen LogP contribution in [0.1, 0.15) is 23.4 Å². The van der Waals surface area contributed by atoms with Crippen molar-refractivity contribution < 1.29 is 14.4 Å². The van der Waals surface area contributed by atoms with Crippen LogP contribution in [0.4, 0.5) is 10.5 Å². The molecule has 0 spiro atoms. The number of anilines is 1. The summed E-state index contributed by atoms with van der Waals surface area (Å²) in [6.45, 7) is 2.93. The minimum Gasteiger partial charge on any atom is -0.342 e. The minimum atomic E-state index is -0.923. The number of nitrogens with one attached hydrogen (secondary N) is 2. The fraction of sp³-hybridized carbons (Fsp3) is 0.276. The predicted octanol–water partition coefficient (Wildman–Crippen LogP) is 5.11. The number of carbonyl (C=O) groups is 3. The van der Waals surface area contributed by atoms with Crippen molar-refractivity contribution in [1.29, 1.82) is 0 Å². The minimum absolute atomic E-state index is 0.208. The highest BCUT2D eigenvalue weighted by atomic mass is 35.5. The molecule has 0 aromatic heterocycles. The summed E-state index contributed by atoms with van der Waals surface area (Å²) in [5, 5.41) is 5.35. The van der Waals surface area contributed by atoms with Gasteiger partial charge in [0.1, 0.15) is 11.4 Å². The molecule has 0 unspecified atom stereocenters. The first-order valence-corrected chi connectivity index (χ1v) is 13.3. The molecule has 1 saturated heterocycles. The second-order valence-electron chi connectivity index (χ2n) is 9.29. The van der Waals surface area contributed by atoms with E-state index in [-0.39, 0.29) is 18.0 Å². The summed E-state index contributed by atoms with van der Waals surface area (Å²) in [5.41, 5.74) is 2.18. The molecular formula is C29H30Cl2N4O3. The number of carbonyl (C=O) groups excluding carboxylic acids is 3. The number of alkyl halides is 1. The zero-order valence-electron chi connectivity index (χ0n) is 21.0. The SMILES string of the molecule is C[C@@H]1CN(C(=O)[C@@H](Cc2ccccc2)NC(=O)[C@H](Cl)c2ccccc2)CCN1C(=O)Nc1cccc(Cl)c1. The highest BCUT2D eigenvalue weighted by Gasteiger charge is 2.34. The molecule has 4 amide bonds. The second kappa shape index (κ2) is 12.8. The van der Waals surface area contributed by atoms with Crippen molar-refractivity contribution in [2.24, 2.45) is 0 Å². The van der Waals surface area contributed by atoms with Gasteiger partial charge in [-0.25, -0.2) is 4.79 Å². The second-order valence-corrected chi connectivity index (χ2v) is 10.2. The van der Waals surface area contributed by atoms with Crippen molar-refractivity contribution in [3.63, 3.8) is 0 Å². The molecule has 2 N–H and O–H groups in total. The van der Waals surface area contributed by atoms with Crippen LogP contribution >= 0.6 is 23.2 Å². The van der Waals surface area contributed by atoms with Crippen LogP contribution in [0, 0.1) is 0 Å². The van der Waals surface area contributed by atoms with E-state index in [2.05, 4.69) is 10.6 Å². The first-order chi connectivity index (χ1) is 18.3. The number of piperazine rings is 1. The Kier molecular flexibility index (Phi) is 9.26. The molecule has 1 aliphatic rings. The van der Waals surface area contributed by atoms with Crippen LogP contribution in [0.25, 0.3) is 0 Å². The van der Waals surface area contributed by atoms with E-state index in [1.807, 2.05) is 55.5 Å². The van der Waals surface area contributed by atoms with Crippen LogP contribution in [-0.2, 0) is 16.0 Å². The van der Waals surface area contributed by atoms with Crippen molar-refractivity contribution in [3.8, 4) is 0 Å². The number of urea groups is 1. The van der Waals surface area contributed by atoms with Gasteiger partial charge in [0.15, 0.2) is 0 Å². The van der Waals surface area contributed by atoms with Gasteiger partial charge in [-0.2, -0.15) is 0 Å². The van der Waals surface area contributed by atoms with E-state index < -0.39 is 17.3 Å². The summed E-state index contributed by atoms with van der Waals surface area (Å²) in [7, 11) is 0. The lowest BCUT2D eigenvalue weighted by molar-refractivity contribution is -0.138. The van der Waals surface area contributed by atoms with Crippen LogP contribution < -0.4 is 10.6 Å². The summed E-state index contributed by atoms with van der Waals surface area (Å²) >= 11 is 12.5. The molecule has 0 bridgehead atoms. The molecule has 38 heavy (non-hydrogen) atoms. The molecule has 1 aliphatic heterocycles. The lowest BCUT2D eigenvalue weighted by Crippen LogP contribution is -2.60. The zero-order chi connectivity index (χ0) is 27.1. The molecule has 3 atom stereocenters. The third-order valence-electron chi connectivity index (χ3n) is 6.50. The van der Waals surface area contributed by atoms with Gasteiger partial charge < -0.3 is 20.4 Å². The maximum atomic E-state index is 13.7. The van der Waals surface area contributed by atoms with Crippen LogP contribution in [0.3, 0.4) is 0 Å². The molecule has 0 saturated carbocycles. The predicted molar refractivity (Wildman–Crippen MR) is 150 cm³/mol. The van der Waals surface area contributed by atoms with Gasteiger partial charge in [-0.3, -0.25) is 9.59 Å². The number of halogens is 2. The quantitative estimate of drug-likeness (QED) is 0.399. The third-order valence-corrected chi connectivity index (χ3v) is 7.18. The topological polar surface area (TPSA) is 81.8 Å². The summed E-state index contributed by atoms with van der Waals surface area (Å²) in [4.78, 5) is 43.0. The van der Waals surface area contributed by atoms with Crippen LogP contribution in [0.2, 0.25) is 5.02 Å². The number of rotatable bonds is 7. The molecule has 3 aromatic rings. The molecule has 0 radical (unpaired) electrons. The first-order valence-electron chi connectivity index (χ1n) is 12.5. The lowest BCUT2D eigenvalue weighted by atomic mass is 10.0. The largest absolute Gasteiger partial charge is 0.342 e. The average Bonchev–Trinajstić information content (AvgIpc) is 2.92. The fourth-order valence-electron chi connectivity index (χ4n) is 4.51. The Hall–Kier alpha value is -3.55. The summed E-state index contributed by atoms with van der Waals surface area (Å²) in [5.74, 6) is -0.638. The number of benzene rings is 3. The highest BCUT2D eigenvalue weighted by molar-refractivity contribution is 6.31. The maximum Gasteiger partial charge on any atom is 0.322 e. The summed E-state index contributed by atoms with van der Waals surface area (Å²) < 4.78 is 0. The smallest absolute Gasteiger partial charge is 0.322 e. The zero-order valence-corrected chi connectivity index (χ0v) is 22.5. The fourth-order valence-corrected chi connectivity index (χ4v) is 4.91. The van der Waals surface area contributed by atoms with Crippen molar-refractivity contribution in [1.82, 2.24) is 15.1 Å². The summed E-state index contributed by atoms with van der Waals surface area (Å²) in [6.07, 6.45) is 0.327. The van der Waals surface area contributed by atoms with Crippen molar-refractivity contribution in [2.75, 3.05) is 25.0 Å². The molecule has 1 heterocycles. The van der Waals surface area contributed by atoms with Gasteiger partial charge in [-0.1, -0.05) is 78.3 Å². The Morgan fingerprint density at radius 2 is 1.63 bits per heavy atom. The lowest BCUT2D eigenvalue weighted by Gasteiger charge is -2.41. The van der Waals surface area contributed by atoms with Gasteiger partial charge in [0, 0.05) is 42.8 Å². The maximum absolute atomic E-state index is 13.7. The molecule has 198 valence electrons. The Bertz CT molecular complexity index is 1260. The molecule has 4 rings (SSSR count). The number of hydrogen-bond donors (Lipinski definition) is 2. The van der Waals surface area contributed by atoms with Crippen LogP contribution in [-0.4, -0.2) is 59.4 Å². The van der Waals surface area contributed by atoms with E-state index in [9.17, 15) is 14.4 Å². The Balaban J connectivity index is 1.43. The molecule has 0 aliphatic carbocycles. The van der Waals surface area contributed by atoms with Gasteiger partial charge in [0.05, 0.1) is 0 Å². The van der Waals surface area contributed by atoms with Gasteiger partial charge in [-0.15, -0.1) is 11.6 Å². The molecule has 9 heteroatoms. The van der Waals surface area contributed by atoms with E-state index in [0.717, 1.165) is 5.56 Å². The standard InChI is InChI=1S/C29H30Cl2N4O3/c1-20-19-34(15-16-35(20)29(38)32-24-14-8-13-23(30)18-24)28(37)25(17-21-9-4-2-5-10-21)33-27(36)26(31)22-11-6-3-7-12-22/h2-14,18,20,25-26H,15-17,19H2,1H3,(H,32,38)(H,33,36)/t20-,25-,26-/m1/s1. The molecular weight excluding hydrogens is 523 g/mol. The molecule has 1 fully saturated rings. The van der Waals surface area contributed by atoms with Gasteiger partial charge in [0.2, 0.25) is 11.8 Å². The van der Waals surface area contributed by atoms with E-state index >= 15 is 0 Å². The number of amides is 4. The van der Waals surface area contributed by atoms with E-state index in [0.29, 0.717) is 42.3 Å². The first kappa shape index (κ1) is 27.5. The Labute approximate surface area is 232 Å². The number of hydrogen-bond acceptors (Lipinski definition) is 3. The van der Waals surface area contributed by atoms with E-state index in [4.69, 9.17) is 23.2 Å². The van der Waals surface area contributed by atoms with E-state index in [1.54, 1.807) is 46.2 Å². The van der Waals surface area contributed by atoms with Crippen molar-refractivity contribution in [2.45, 2.75) is 30.8 Å². The normalized spacial score (nSPS) is 16.9. The van der Waals surface area contributed by atoms with Crippen molar-refractivity contribution >= 4 is 46.7 Å².